The molecule has 0 spiro atoms. The Labute approximate surface area is 397 Å². The van der Waals surface area contributed by atoms with Crippen LogP contribution in [0.4, 0.5) is 0 Å². The first kappa shape index (κ1) is 40.3. The fraction of sp³-hybridized carbons (Fsp3) is 0.141. The smallest absolute Gasteiger partial charge is 0.164 e. The first-order valence-electron chi connectivity index (χ1n) is 24.0. The van der Waals surface area contributed by atoms with Crippen molar-refractivity contribution in [3.05, 3.63) is 240 Å². The number of aromatic nitrogens is 4. The van der Waals surface area contributed by atoms with E-state index >= 15 is 0 Å². The molecule has 0 radical (unpaired) electrons. The number of rotatable bonds is 6. The quantitative estimate of drug-likeness (QED) is 0.167. The lowest BCUT2D eigenvalue weighted by molar-refractivity contribution is 0.332. The van der Waals surface area contributed by atoms with Crippen LogP contribution < -0.4 is 0 Å². The highest BCUT2D eigenvalue weighted by molar-refractivity contribution is 6.12. The second kappa shape index (κ2) is 15.0. The predicted molar refractivity (Wildman–Crippen MR) is 281 cm³/mol. The molecule has 2 aliphatic rings. The van der Waals surface area contributed by atoms with Crippen molar-refractivity contribution in [3.63, 3.8) is 0 Å². The van der Waals surface area contributed by atoms with Gasteiger partial charge in [-0.25, -0.2) is 15.0 Å². The highest BCUT2D eigenvalue weighted by Crippen LogP contribution is 2.57. The van der Waals surface area contributed by atoms with Crippen LogP contribution >= 0.6 is 0 Å². The monoisotopic (exact) mass is 874 g/mol. The molecule has 4 heteroatoms. The van der Waals surface area contributed by atoms with Crippen LogP contribution in [0.1, 0.15) is 73.9 Å². The van der Waals surface area contributed by atoms with E-state index in [1.807, 2.05) is 18.2 Å². The number of nitrogens with zero attached hydrogens (tertiary/aromatic N) is 4. The molecule has 2 heterocycles. The van der Waals surface area contributed by atoms with Gasteiger partial charge in [-0.2, -0.15) is 0 Å². The summed E-state index contributed by atoms with van der Waals surface area (Å²) in [5.74, 6) is 1.91. The molecular formula is C64H50N4. The second-order valence-corrected chi connectivity index (χ2v) is 20.2. The van der Waals surface area contributed by atoms with Gasteiger partial charge < -0.3 is 4.57 Å². The maximum absolute atomic E-state index is 5.46. The Morgan fingerprint density at radius 1 is 0.353 bits per heavy atom. The molecule has 0 N–H and O–H groups in total. The zero-order chi connectivity index (χ0) is 45.8. The third-order valence-corrected chi connectivity index (χ3v) is 15.4. The first-order chi connectivity index (χ1) is 33.2. The van der Waals surface area contributed by atoms with Gasteiger partial charge in [-0.1, -0.05) is 198 Å². The molecule has 2 aliphatic carbocycles. The van der Waals surface area contributed by atoms with E-state index in [0.29, 0.717) is 17.5 Å². The number of benzene rings is 9. The highest BCUT2D eigenvalue weighted by Gasteiger charge is 2.46. The third-order valence-electron chi connectivity index (χ3n) is 15.4. The molecule has 11 aromatic rings. The van der Waals surface area contributed by atoms with Crippen LogP contribution in [0.25, 0.3) is 83.6 Å². The van der Waals surface area contributed by atoms with Crippen molar-refractivity contribution in [3.8, 4) is 51.0 Å². The summed E-state index contributed by atoms with van der Waals surface area (Å²) in [6.45, 7) is 9.67. The zero-order valence-electron chi connectivity index (χ0n) is 38.8. The Balaban J connectivity index is 1.03. The van der Waals surface area contributed by atoms with Crippen molar-refractivity contribution in [2.24, 2.45) is 0 Å². The summed E-state index contributed by atoms with van der Waals surface area (Å²) >= 11 is 0. The van der Waals surface area contributed by atoms with E-state index in [9.17, 15) is 0 Å². The van der Waals surface area contributed by atoms with Crippen LogP contribution in [-0.2, 0) is 16.2 Å². The predicted octanol–water partition coefficient (Wildman–Crippen LogP) is 15.8. The number of hydrogen-bond acceptors (Lipinski definition) is 3. The van der Waals surface area contributed by atoms with Gasteiger partial charge in [0.25, 0.3) is 0 Å². The Hall–Kier alpha value is -7.95. The molecule has 0 aliphatic heterocycles. The molecule has 2 aromatic heterocycles. The zero-order valence-corrected chi connectivity index (χ0v) is 38.8. The van der Waals surface area contributed by atoms with E-state index in [0.717, 1.165) is 39.6 Å². The molecular weight excluding hydrogens is 825 g/mol. The SMILES string of the molecule is CC1(C)CCC(C)(C)c2cc3c(cc21)c1ccccc1n3-c1ccc(-c2nc(-c3ccccc3)nc(-c3ccc4c(c3)C(c3ccccc3)(c3ccccc3)c3ccccc3-4)n2)c2ccccc12. The molecule has 0 bridgehead atoms. The second-order valence-electron chi connectivity index (χ2n) is 20.2. The van der Waals surface area contributed by atoms with E-state index in [4.69, 9.17) is 15.0 Å². The molecule has 4 nitrogen and oxygen atoms in total. The van der Waals surface area contributed by atoms with Crippen LogP contribution in [0.15, 0.2) is 206 Å². The lowest BCUT2D eigenvalue weighted by atomic mass is 9.63. The molecule has 0 saturated carbocycles. The van der Waals surface area contributed by atoms with E-state index in [2.05, 4.69) is 220 Å². The molecule has 326 valence electrons. The fourth-order valence-corrected chi connectivity index (χ4v) is 11.9. The van der Waals surface area contributed by atoms with Crippen LogP contribution in [0.3, 0.4) is 0 Å². The van der Waals surface area contributed by atoms with E-state index < -0.39 is 5.41 Å². The average Bonchev–Trinajstić information content (AvgIpc) is 3.87. The van der Waals surface area contributed by atoms with Gasteiger partial charge in [0.05, 0.1) is 22.1 Å². The minimum Gasteiger partial charge on any atom is -0.309 e. The molecule has 0 atom stereocenters. The summed E-state index contributed by atoms with van der Waals surface area (Å²) < 4.78 is 2.50. The maximum atomic E-state index is 5.46. The molecule has 68 heavy (non-hydrogen) atoms. The van der Waals surface area contributed by atoms with Gasteiger partial charge in [-0.15, -0.1) is 0 Å². The Morgan fingerprint density at radius 2 is 0.882 bits per heavy atom. The van der Waals surface area contributed by atoms with Crippen molar-refractivity contribution in [2.45, 2.75) is 56.8 Å². The van der Waals surface area contributed by atoms with Gasteiger partial charge in [0.2, 0.25) is 0 Å². The summed E-state index contributed by atoms with van der Waals surface area (Å²) in [4.78, 5) is 16.1. The molecule has 0 fully saturated rings. The molecule has 0 saturated heterocycles. The van der Waals surface area contributed by atoms with Gasteiger partial charge in [-0.05, 0) is 110 Å². The topological polar surface area (TPSA) is 43.6 Å². The van der Waals surface area contributed by atoms with Gasteiger partial charge >= 0.3 is 0 Å². The maximum Gasteiger partial charge on any atom is 0.164 e. The minimum absolute atomic E-state index is 0.0759. The summed E-state index contributed by atoms with van der Waals surface area (Å²) in [6.07, 6.45) is 2.34. The number of hydrogen-bond donors (Lipinski definition) is 0. The van der Waals surface area contributed by atoms with Crippen LogP contribution in [-0.4, -0.2) is 19.5 Å². The van der Waals surface area contributed by atoms with E-state index in [1.54, 1.807) is 0 Å². The standard InChI is InChI=1S/C64H50N4/c1-62(2)36-37-63(3,4)55-40-58-51(39-54(55)62)49-29-17-19-31-56(49)68(58)57-35-34-50(45-26-14-15-28-48(45)57)61-66-59(41-20-8-5-9-21-41)65-60(67-61)42-32-33-47-46-27-16-18-30-52(46)64(53(47)38-42,43-22-10-6-11-23-43)44-24-12-7-13-25-44/h5-35,38-40H,36-37H2,1-4H3. The number of para-hydroxylation sites is 1. The van der Waals surface area contributed by atoms with E-state index in [1.165, 1.54) is 72.7 Å². The van der Waals surface area contributed by atoms with Gasteiger partial charge in [-0.3, -0.25) is 0 Å². The Morgan fingerprint density at radius 3 is 1.59 bits per heavy atom. The lowest BCUT2D eigenvalue weighted by Crippen LogP contribution is -2.33. The Bertz CT molecular complexity index is 3750. The molecule has 0 unspecified atom stereocenters. The molecule has 0 amide bonds. The van der Waals surface area contributed by atoms with Crippen molar-refractivity contribution < 1.29 is 0 Å². The minimum atomic E-state index is -0.549. The highest BCUT2D eigenvalue weighted by atomic mass is 15.0. The van der Waals surface area contributed by atoms with Gasteiger partial charge in [0.15, 0.2) is 17.5 Å². The lowest BCUT2D eigenvalue weighted by Gasteiger charge is -2.42. The van der Waals surface area contributed by atoms with Crippen LogP contribution in [0, 0.1) is 0 Å². The molecule has 9 aromatic carbocycles. The summed E-state index contributed by atoms with van der Waals surface area (Å²) in [5.41, 5.74) is 16.4. The summed E-state index contributed by atoms with van der Waals surface area (Å²) in [5, 5.41) is 4.80. The van der Waals surface area contributed by atoms with Crippen molar-refractivity contribution in [2.75, 3.05) is 0 Å². The Kier molecular flexibility index (Phi) is 8.92. The summed E-state index contributed by atoms with van der Waals surface area (Å²) in [6, 6.07) is 75.1. The van der Waals surface area contributed by atoms with Crippen molar-refractivity contribution in [1.82, 2.24) is 19.5 Å². The van der Waals surface area contributed by atoms with Crippen molar-refractivity contribution >= 4 is 32.6 Å². The van der Waals surface area contributed by atoms with Crippen LogP contribution in [0.5, 0.6) is 0 Å². The molecule has 13 rings (SSSR count). The third kappa shape index (κ3) is 5.96. The van der Waals surface area contributed by atoms with Crippen LogP contribution in [0.2, 0.25) is 0 Å². The average molecular weight is 875 g/mol. The van der Waals surface area contributed by atoms with Gasteiger partial charge in [0, 0.05) is 32.8 Å². The van der Waals surface area contributed by atoms with Crippen molar-refractivity contribution in [1.29, 1.82) is 0 Å². The number of fused-ring (bicyclic) bond motifs is 8. The van der Waals surface area contributed by atoms with E-state index in [-0.39, 0.29) is 10.8 Å². The first-order valence-corrected chi connectivity index (χ1v) is 24.0. The largest absolute Gasteiger partial charge is 0.309 e. The normalized spacial score (nSPS) is 15.3. The summed E-state index contributed by atoms with van der Waals surface area (Å²) in [7, 11) is 0. The van der Waals surface area contributed by atoms with Gasteiger partial charge in [0.1, 0.15) is 0 Å². The fourth-order valence-electron chi connectivity index (χ4n) is 11.9.